The van der Waals surface area contributed by atoms with Crippen molar-refractivity contribution in [2.45, 2.75) is 6.54 Å². The van der Waals surface area contributed by atoms with Gasteiger partial charge in [0.25, 0.3) is 5.56 Å². The van der Waals surface area contributed by atoms with Crippen molar-refractivity contribution in [3.05, 3.63) is 60.3 Å². The molecule has 0 bridgehead atoms. The van der Waals surface area contributed by atoms with Crippen LogP contribution in [0.25, 0.3) is 0 Å². The third kappa shape index (κ3) is 3.34. The fourth-order valence-corrected chi connectivity index (χ4v) is 2.48. The topological polar surface area (TPSA) is 52.0 Å². The average Bonchev–Trinajstić information content (AvgIpc) is 2.34. The van der Waals surface area contributed by atoms with Crippen molar-refractivity contribution >= 4 is 51.6 Å². The van der Waals surface area contributed by atoms with Crippen LogP contribution >= 0.6 is 45.8 Å². The van der Waals surface area contributed by atoms with Gasteiger partial charge >= 0.3 is 0 Å². The molecule has 0 saturated heterocycles. The van der Waals surface area contributed by atoms with Crippen LogP contribution in [0.3, 0.4) is 0 Å². The zero-order valence-corrected chi connectivity index (χ0v) is 13.1. The molecule has 0 spiro atoms. The molecule has 4 nitrogen and oxygen atoms in total. The summed E-state index contributed by atoms with van der Waals surface area (Å²) in [6, 6.07) is 4.61. The molecular formula is C12H7Cl2IN2O2. The van der Waals surface area contributed by atoms with Gasteiger partial charge in [0.05, 0.1) is 21.5 Å². The van der Waals surface area contributed by atoms with Gasteiger partial charge in [-0.3, -0.25) is 14.2 Å². The van der Waals surface area contributed by atoms with Gasteiger partial charge in [0.15, 0.2) is 5.78 Å². The quantitative estimate of drug-likeness (QED) is 0.579. The number of carbonyl (C=O) groups excluding carboxylic acids is 1. The summed E-state index contributed by atoms with van der Waals surface area (Å²) in [6.45, 7) is -0.107. The number of rotatable bonds is 3. The molecule has 7 heteroatoms. The highest BCUT2D eigenvalue weighted by Crippen LogP contribution is 2.21. The number of hydrogen-bond acceptors (Lipinski definition) is 3. The lowest BCUT2D eigenvalue weighted by Gasteiger charge is -2.06. The number of Topliss-reactive ketones (excluding diaryl/α,β-unsaturated/α-hetero) is 1. The van der Waals surface area contributed by atoms with E-state index in [1.165, 1.54) is 23.2 Å². The second kappa shape index (κ2) is 6.02. The maximum atomic E-state index is 12.1. The Morgan fingerprint density at radius 3 is 2.79 bits per heavy atom. The minimum absolute atomic E-state index is 0.107. The summed E-state index contributed by atoms with van der Waals surface area (Å²) in [6.07, 6.45) is 2.77. The van der Waals surface area contributed by atoms with Crippen molar-refractivity contribution < 1.29 is 4.79 Å². The zero-order chi connectivity index (χ0) is 14.0. The van der Waals surface area contributed by atoms with Gasteiger partial charge in [-0.15, -0.1) is 0 Å². The van der Waals surface area contributed by atoms with Gasteiger partial charge in [0.2, 0.25) is 0 Å². The maximum Gasteiger partial charge on any atom is 0.267 e. The smallest absolute Gasteiger partial charge is 0.267 e. The van der Waals surface area contributed by atoms with E-state index in [1.807, 2.05) is 22.6 Å². The first kappa shape index (κ1) is 14.5. The summed E-state index contributed by atoms with van der Waals surface area (Å²) in [5.41, 5.74) is 0.0749. The van der Waals surface area contributed by atoms with Crippen molar-refractivity contribution in [3.63, 3.8) is 0 Å². The summed E-state index contributed by atoms with van der Waals surface area (Å²) in [4.78, 5) is 27.8. The molecule has 19 heavy (non-hydrogen) atoms. The van der Waals surface area contributed by atoms with E-state index in [2.05, 4.69) is 4.98 Å². The highest BCUT2D eigenvalue weighted by molar-refractivity contribution is 14.1. The predicted molar refractivity (Wildman–Crippen MR) is 82.0 cm³/mol. The fraction of sp³-hybridized carbons (Fsp3) is 0.0833. The van der Waals surface area contributed by atoms with Crippen LogP contribution in [0, 0.1) is 3.57 Å². The van der Waals surface area contributed by atoms with Crippen LogP contribution < -0.4 is 5.56 Å². The van der Waals surface area contributed by atoms with Crippen molar-refractivity contribution in [1.29, 1.82) is 0 Å². The lowest BCUT2D eigenvalue weighted by atomic mass is 10.1. The third-order valence-corrected chi connectivity index (χ3v) is 3.69. The molecule has 1 aromatic carbocycles. The number of aromatic nitrogens is 2. The Labute approximate surface area is 132 Å². The molecule has 2 aromatic rings. The molecule has 0 unspecified atom stereocenters. The molecular weight excluding hydrogens is 402 g/mol. The van der Waals surface area contributed by atoms with E-state index in [-0.39, 0.29) is 22.9 Å². The number of carbonyl (C=O) groups is 1. The van der Waals surface area contributed by atoms with Crippen LogP contribution in [0.1, 0.15) is 10.4 Å². The van der Waals surface area contributed by atoms with E-state index in [9.17, 15) is 9.59 Å². The average molecular weight is 409 g/mol. The molecule has 0 aliphatic rings. The standard InChI is InChI=1S/C12H7Cl2IN2O2/c13-7-1-2-8(9(14)3-7)11(18)5-17-6-16-4-10(15)12(17)19/h1-4,6H,5H2. The van der Waals surface area contributed by atoms with E-state index < -0.39 is 0 Å². The van der Waals surface area contributed by atoms with Gasteiger partial charge in [0, 0.05) is 16.8 Å². The lowest BCUT2D eigenvalue weighted by Crippen LogP contribution is -2.26. The van der Waals surface area contributed by atoms with Gasteiger partial charge in [-0.2, -0.15) is 0 Å². The highest BCUT2D eigenvalue weighted by atomic mass is 127. The Morgan fingerprint density at radius 2 is 2.11 bits per heavy atom. The molecule has 0 fully saturated rings. The second-order valence-electron chi connectivity index (χ2n) is 3.72. The molecule has 98 valence electrons. The first-order valence-electron chi connectivity index (χ1n) is 5.17. The van der Waals surface area contributed by atoms with E-state index in [1.54, 1.807) is 12.1 Å². The number of hydrogen-bond donors (Lipinski definition) is 0. The maximum absolute atomic E-state index is 12.1. The molecule has 0 amide bonds. The van der Waals surface area contributed by atoms with Gasteiger partial charge in [-0.05, 0) is 40.8 Å². The van der Waals surface area contributed by atoms with Crippen LogP contribution in [-0.4, -0.2) is 15.3 Å². The molecule has 2 rings (SSSR count). The Morgan fingerprint density at radius 1 is 1.37 bits per heavy atom. The normalized spacial score (nSPS) is 10.5. The summed E-state index contributed by atoms with van der Waals surface area (Å²) in [5, 5.41) is 0.721. The van der Waals surface area contributed by atoms with Crippen LogP contribution in [0.4, 0.5) is 0 Å². The molecule has 0 atom stereocenters. The first-order valence-corrected chi connectivity index (χ1v) is 7.00. The molecule has 1 aromatic heterocycles. The van der Waals surface area contributed by atoms with Crippen molar-refractivity contribution in [1.82, 2.24) is 9.55 Å². The van der Waals surface area contributed by atoms with Gasteiger partial charge in [-0.25, -0.2) is 4.98 Å². The van der Waals surface area contributed by atoms with E-state index >= 15 is 0 Å². The minimum atomic E-state index is -0.271. The predicted octanol–water partition coefficient (Wildman–Crippen LogP) is 3.04. The highest BCUT2D eigenvalue weighted by Gasteiger charge is 2.13. The Bertz CT molecular complexity index is 700. The third-order valence-electron chi connectivity index (χ3n) is 2.40. The Kier molecular flexibility index (Phi) is 4.59. The van der Waals surface area contributed by atoms with Gasteiger partial charge < -0.3 is 0 Å². The van der Waals surface area contributed by atoms with Crippen LogP contribution in [0.15, 0.2) is 35.5 Å². The number of nitrogens with zero attached hydrogens (tertiary/aromatic N) is 2. The van der Waals surface area contributed by atoms with Crippen molar-refractivity contribution in [2.75, 3.05) is 0 Å². The number of ketones is 1. The Hall–Kier alpha value is -0.920. The molecule has 0 aliphatic heterocycles. The SMILES string of the molecule is O=C(Cn1cncc(I)c1=O)c1ccc(Cl)cc1Cl. The van der Waals surface area contributed by atoms with Crippen molar-refractivity contribution in [3.8, 4) is 0 Å². The van der Waals surface area contributed by atoms with Gasteiger partial charge in [0.1, 0.15) is 0 Å². The summed E-state index contributed by atoms with van der Waals surface area (Å²) >= 11 is 13.6. The second-order valence-corrected chi connectivity index (χ2v) is 5.73. The summed E-state index contributed by atoms with van der Waals surface area (Å²) in [5.74, 6) is -0.271. The number of halogens is 3. The molecule has 0 aliphatic carbocycles. The Balaban J connectivity index is 2.31. The van der Waals surface area contributed by atoms with E-state index in [0.29, 0.717) is 14.2 Å². The number of benzene rings is 1. The van der Waals surface area contributed by atoms with E-state index in [0.717, 1.165) is 0 Å². The zero-order valence-electron chi connectivity index (χ0n) is 9.44. The van der Waals surface area contributed by atoms with Crippen LogP contribution in [0.2, 0.25) is 10.0 Å². The first-order chi connectivity index (χ1) is 8.99. The summed E-state index contributed by atoms with van der Waals surface area (Å²) in [7, 11) is 0. The van der Waals surface area contributed by atoms with Gasteiger partial charge in [-0.1, -0.05) is 23.2 Å². The monoisotopic (exact) mass is 408 g/mol. The molecule has 0 saturated carbocycles. The molecule has 1 heterocycles. The lowest BCUT2D eigenvalue weighted by molar-refractivity contribution is 0.0970. The fourth-order valence-electron chi connectivity index (χ4n) is 1.49. The largest absolute Gasteiger partial charge is 0.292 e. The van der Waals surface area contributed by atoms with Crippen LogP contribution in [-0.2, 0) is 6.54 Å². The minimum Gasteiger partial charge on any atom is -0.292 e. The van der Waals surface area contributed by atoms with E-state index in [4.69, 9.17) is 23.2 Å². The summed E-state index contributed by atoms with van der Waals surface area (Å²) < 4.78 is 1.70. The molecule has 0 N–H and O–H groups in total. The van der Waals surface area contributed by atoms with Crippen LogP contribution in [0.5, 0.6) is 0 Å². The molecule has 0 radical (unpaired) electrons. The van der Waals surface area contributed by atoms with Crippen molar-refractivity contribution in [2.24, 2.45) is 0 Å².